The minimum absolute atomic E-state index is 0.221. The lowest BCUT2D eigenvalue weighted by Crippen LogP contribution is -1.94. The number of aromatic amines is 1. The van der Waals surface area contributed by atoms with Gasteiger partial charge >= 0.3 is 6.41 Å². The van der Waals surface area contributed by atoms with Gasteiger partial charge < -0.3 is 0 Å². The van der Waals surface area contributed by atoms with Gasteiger partial charge in [0.15, 0.2) is 5.82 Å². The van der Waals surface area contributed by atoms with E-state index in [2.05, 4.69) is 20.5 Å². The second-order valence-corrected chi connectivity index (χ2v) is 2.60. The fourth-order valence-electron chi connectivity index (χ4n) is 1.09. The zero-order valence-corrected chi connectivity index (χ0v) is 7.19. The van der Waals surface area contributed by atoms with E-state index < -0.39 is 0 Å². The van der Waals surface area contributed by atoms with Crippen LogP contribution in [0.2, 0.25) is 0 Å². The third kappa shape index (κ3) is 1.61. The van der Waals surface area contributed by atoms with E-state index in [-0.39, 0.29) is 5.95 Å². The number of rotatable bonds is 3. The molecule has 5 nitrogen and oxygen atoms in total. The molecule has 0 aliphatic carbocycles. The standard InChI is InChI=1S/C9H7N4O/c14-6-10-9-11-8(12-13-9)7-4-2-1-3-5-7/h1-5H,(H2,10,11,12,13,14). The van der Waals surface area contributed by atoms with Crippen molar-refractivity contribution in [3.05, 3.63) is 30.3 Å². The molecule has 2 aromatic rings. The molecule has 1 heterocycles. The summed E-state index contributed by atoms with van der Waals surface area (Å²) >= 11 is 0. The topological polar surface area (TPSA) is 70.7 Å². The number of benzene rings is 1. The first-order valence-electron chi connectivity index (χ1n) is 4.01. The summed E-state index contributed by atoms with van der Waals surface area (Å²) in [5.74, 6) is 0.835. The Labute approximate surface area is 80.2 Å². The van der Waals surface area contributed by atoms with Crippen LogP contribution < -0.4 is 5.32 Å². The van der Waals surface area contributed by atoms with Crippen LogP contribution in [0.25, 0.3) is 11.4 Å². The molecule has 0 atom stereocenters. The van der Waals surface area contributed by atoms with Gasteiger partial charge in [0.1, 0.15) is 0 Å². The van der Waals surface area contributed by atoms with Crippen LogP contribution in [0.4, 0.5) is 5.95 Å². The number of hydrogen-bond donors (Lipinski definition) is 2. The number of amides is 1. The summed E-state index contributed by atoms with van der Waals surface area (Å²) in [5.41, 5.74) is 0.916. The zero-order valence-electron chi connectivity index (χ0n) is 7.19. The molecule has 0 aliphatic rings. The average molecular weight is 187 g/mol. The largest absolute Gasteiger partial charge is 0.316 e. The van der Waals surface area contributed by atoms with E-state index in [1.165, 1.54) is 6.41 Å². The fraction of sp³-hybridized carbons (Fsp3) is 0. The minimum atomic E-state index is 0.221. The molecule has 0 fully saturated rings. The van der Waals surface area contributed by atoms with Gasteiger partial charge in [-0.15, -0.1) is 5.10 Å². The Morgan fingerprint density at radius 2 is 2.07 bits per heavy atom. The predicted octanol–water partition coefficient (Wildman–Crippen LogP) is 0.951. The van der Waals surface area contributed by atoms with Crippen molar-refractivity contribution in [1.29, 1.82) is 0 Å². The van der Waals surface area contributed by atoms with Gasteiger partial charge in [-0.25, -0.2) is 0 Å². The molecule has 1 aromatic heterocycles. The molecular formula is C9H7N4O. The van der Waals surface area contributed by atoms with Crippen LogP contribution in [0, 0.1) is 0 Å². The van der Waals surface area contributed by atoms with Crippen molar-refractivity contribution in [1.82, 2.24) is 15.2 Å². The first kappa shape index (κ1) is 8.43. The molecule has 1 aromatic carbocycles. The molecule has 0 unspecified atom stereocenters. The SMILES string of the molecule is O=[C]Nc1n[nH]c(-c2ccccc2)n1. The first-order chi connectivity index (χ1) is 6.90. The maximum atomic E-state index is 9.99. The van der Waals surface area contributed by atoms with Crippen molar-refractivity contribution in [2.24, 2.45) is 0 Å². The lowest BCUT2D eigenvalue weighted by atomic mass is 10.2. The first-order valence-corrected chi connectivity index (χ1v) is 4.01. The molecular weight excluding hydrogens is 180 g/mol. The second kappa shape index (κ2) is 3.69. The van der Waals surface area contributed by atoms with E-state index in [1.807, 2.05) is 30.3 Å². The Balaban J connectivity index is 2.29. The Morgan fingerprint density at radius 3 is 2.79 bits per heavy atom. The lowest BCUT2D eigenvalue weighted by Gasteiger charge is -1.92. The van der Waals surface area contributed by atoms with E-state index in [0.717, 1.165) is 5.56 Å². The van der Waals surface area contributed by atoms with E-state index >= 15 is 0 Å². The Bertz CT molecular complexity index is 423. The molecule has 1 radical (unpaired) electrons. The highest BCUT2D eigenvalue weighted by Crippen LogP contribution is 2.14. The average Bonchev–Trinajstić information content (AvgIpc) is 2.68. The van der Waals surface area contributed by atoms with Crippen LogP contribution in [-0.2, 0) is 4.79 Å². The summed E-state index contributed by atoms with van der Waals surface area (Å²) in [4.78, 5) is 14.0. The van der Waals surface area contributed by atoms with E-state index in [9.17, 15) is 4.79 Å². The molecule has 0 saturated heterocycles. The number of nitrogens with zero attached hydrogens (tertiary/aromatic N) is 2. The second-order valence-electron chi connectivity index (χ2n) is 2.60. The van der Waals surface area contributed by atoms with E-state index in [0.29, 0.717) is 5.82 Å². The highest BCUT2D eigenvalue weighted by Gasteiger charge is 2.03. The molecule has 2 rings (SSSR count). The lowest BCUT2D eigenvalue weighted by molar-refractivity contribution is 0.560. The summed E-state index contributed by atoms with van der Waals surface area (Å²) in [6.45, 7) is 0. The van der Waals surface area contributed by atoms with E-state index in [4.69, 9.17) is 0 Å². The third-order valence-corrected chi connectivity index (χ3v) is 1.70. The van der Waals surface area contributed by atoms with Crippen LogP contribution in [0.1, 0.15) is 0 Å². The van der Waals surface area contributed by atoms with Crippen molar-refractivity contribution in [3.63, 3.8) is 0 Å². The summed E-state index contributed by atoms with van der Waals surface area (Å²) in [6.07, 6.45) is 1.50. The molecule has 5 heteroatoms. The Kier molecular flexibility index (Phi) is 2.22. The highest BCUT2D eigenvalue weighted by atomic mass is 16.1. The van der Waals surface area contributed by atoms with Crippen LogP contribution in [-0.4, -0.2) is 21.6 Å². The van der Waals surface area contributed by atoms with Gasteiger partial charge in [-0.05, 0) is 0 Å². The number of carbonyl (C=O) groups excluding carboxylic acids is 1. The molecule has 14 heavy (non-hydrogen) atoms. The number of anilines is 1. The number of hydrogen-bond acceptors (Lipinski definition) is 3. The van der Waals surface area contributed by atoms with Gasteiger partial charge in [0, 0.05) is 5.56 Å². The van der Waals surface area contributed by atoms with Gasteiger partial charge in [-0.3, -0.25) is 15.2 Å². The highest BCUT2D eigenvalue weighted by molar-refractivity contribution is 5.68. The van der Waals surface area contributed by atoms with Crippen molar-refractivity contribution in [2.75, 3.05) is 5.32 Å². The predicted molar refractivity (Wildman–Crippen MR) is 51.1 cm³/mol. The van der Waals surface area contributed by atoms with Gasteiger partial charge in [-0.1, -0.05) is 30.3 Å². The van der Waals surface area contributed by atoms with Gasteiger partial charge in [-0.2, -0.15) is 4.98 Å². The van der Waals surface area contributed by atoms with Crippen molar-refractivity contribution < 1.29 is 4.79 Å². The van der Waals surface area contributed by atoms with Gasteiger partial charge in [0.2, 0.25) is 5.95 Å². The molecule has 0 bridgehead atoms. The number of H-pyrrole nitrogens is 1. The zero-order chi connectivity index (χ0) is 9.80. The molecule has 0 saturated carbocycles. The summed E-state index contributed by atoms with van der Waals surface area (Å²) < 4.78 is 0. The molecule has 0 spiro atoms. The van der Waals surface area contributed by atoms with Crippen LogP contribution in [0.15, 0.2) is 30.3 Å². The molecule has 1 amide bonds. The molecule has 0 aliphatic heterocycles. The molecule has 69 valence electrons. The monoisotopic (exact) mass is 187 g/mol. The third-order valence-electron chi connectivity index (χ3n) is 1.70. The van der Waals surface area contributed by atoms with Gasteiger partial charge in [0.05, 0.1) is 0 Å². The van der Waals surface area contributed by atoms with Crippen LogP contribution >= 0.6 is 0 Å². The normalized spacial score (nSPS) is 9.71. The molecule has 2 N–H and O–H groups in total. The smallest absolute Gasteiger partial charge is 0.285 e. The summed E-state index contributed by atoms with van der Waals surface area (Å²) in [7, 11) is 0. The number of aromatic nitrogens is 3. The maximum absolute atomic E-state index is 9.99. The van der Waals surface area contributed by atoms with Crippen LogP contribution in [0.5, 0.6) is 0 Å². The Morgan fingerprint density at radius 1 is 1.29 bits per heavy atom. The van der Waals surface area contributed by atoms with Gasteiger partial charge in [0.25, 0.3) is 0 Å². The number of nitrogens with one attached hydrogen (secondary N) is 2. The maximum Gasteiger partial charge on any atom is 0.316 e. The summed E-state index contributed by atoms with van der Waals surface area (Å²) in [5, 5.41) is 8.72. The van der Waals surface area contributed by atoms with Crippen molar-refractivity contribution in [2.45, 2.75) is 0 Å². The van der Waals surface area contributed by atoms with Crippen molar-refractivity contribution in [3.8, 4) is 11.4 Å². The van der Waals surface area contributed by atoms with Crippen molar-refractivity contribution >= 4 is 12.4 Å². The quantitative estimate of drug-likeness (QED) is 0.703. The fourth-order valence-corrected chi connectivity index (χ4v) is 1.09. The van der Waals surface area contributed by atoms with E-state index in [1.54, 1.807) is 0 Å². The Hall–Kier alpha value is -2.17. The summed E-state index contributed by atoms with van der Waals surface area (Å²) in [6, 6.07) is 9.51. The minimum Gasteiger partial charge on any atom is -0.285 e. The van der Waals surface area contributed by atoms with Crippen LogP contribution in [0.3, 0.4) is 0 Å².